The predicted octanol–water partition coefficient (Wildman–Crippen LogP) is 3.64. The van der Waals surface area contributed by atoms with Gasteiger partial charge in [-0.25, -0.2) is 4.68 Å². The van der Waals surface area contributed by atoms with Gasteiger partial charge in [0.15, 0.2) is 5.75 Å². The predicted molar refractivity (Wildman–Crippen MR) is 95.0 cm³/mol. The first-order chi connectivity index (χ1) is 11.9. The molecule has 0 aliphatic heterocycles. The molecule has 2 aromatic heterocycles. The lowest BCUT2D eigenvalue weighted by Gasteiger charge is -2.08. The van der Waals surface area contributed by atoms with E-state index in [1.165, 1.54) is 0 Å². The van der Waals surface area contributed by atoms with E-state index < -0.39 is 0 Å². The fraction of sp³-hybridized carbons (Fsp3) is 0.278. The number of ether oxygens (including phenoxy) is 1. The van der Waals surface area contributed by atoms with Crippen molar-refractivity contribution >= 4 is 11.6 Å². The number of hydrogen-bond acceptors (Lipinski definition) is 4. The van der Waals surface area contributed by atoms with Crippen molar-refractivity contribution in [1.29, 1.82) is 5.26 Å². The first-order valence-corrected chi connectivity index (χ1v) is 8.17. The zero-order valence-electron chi connectivity index (χ0n) is 14.5. The average Bonchev–Trinajstić information content (AvgIpc) is 3.04. The molecule has 0 bridgehead atoms. The Bertz CT molecular complexity index is 980. The summed E-state index contributed by atoms with van der Waals surface area (Å²) < 4.78 is 9.58. The monoisotopic (exact) mass is 355 g/mol. The number of aryl methyl sites for hydroxylation is 3. The molecule has 7 heteroatoms. The molecule has 0 radical (unpaired) electrons. The molecule has 2 heterocycles. The van der Waals surface area contributed by atoms with Crippen molar-refractivity contribution in [3.8, 4) is 17.5 Å². The lowest BCUT2D eigenvalue weighted by molar-refractivity contribution is 0.291. The summed E-state index contributed by atoms with van der Waals surface area (Å²) >= 11 is 6.13. The Morgan fingerprint density at radius 3 is 2.56 bits per heavy atom. The van der Waals surface area contributed by atoms with Crippen LogP contribution in [-0.4, -0.2) is 19.6 Å². The summed E-state index contributed by atoms with van der Waals surface area (Å²) in [4.78, 5) is 0. The second kappa shape index (κ2) is 6.61. The molecule has 0 atom stereocenters. The van der Waals surface area contributed by atoms with E-state index in [9.17, 15) is 0 Å². The lowest BCUT2D eigenvalue weighted by atomic mass is 10.2. The van der Waals surface area contributed by atoms with Gasteiger partial charge in [0.2, 0.25) is 0 Å². The molecule has 0 aliphatic carbocycles. The number of nitrogens with zero attached hydrogens (tertiary/aromatic N) is 5. The van der Waals surface area contributed by atoms with Crippen molar-refractivity contribution in [3.63, 3.8) is 0 Å². The Balaban J connectivity index is 1.89. The van der Waals surface area contributed by atoms with E-state index in [0.717, 1.165) is 34.2 Å². The molecule has 0 saturated carbocycles. The second-order valence-corrected chi connectivity index (χ2v) is 6.28. The maximum absolute atomic E-state index is 9.00. The third-order valence-electron chi connectivity index (χ3n) is 4.01. The van der Waals surface area contributed by atoms with Gasteiger partial charge in [-0.15, -0.1) is 0 Å². The summed E-state index contributed by atoms with van der Waals surface area (Å²) in [6, 6.07) is 9.29. The van der Waals surface area contributed by atoms with Crippen molar-refractivity contribution in [2.45, 2.75) is 27.4 Å². The van der Waals surface area contributed by atoms with E-state index in [2.05, 4.69) is 16.3 Å². The van der Waals surface area contributed by atoms with E-state index in [-0.39, 0.29) is 0 Å². The molecule has 0 N–H and O–H groups in total. The van der Waals surface area contributed by atoms with Gasteiger partial charge in [0.1, 0.15) is 18.4 Å². The summed E-state index contributed by atoms with van der Waals surface area (Å²) in [6.45, 7) is 6.21. The van der Waals surface area contributed by atoms with Crippen LogP contribution >= 0.6 is 11.6 Å². The first-order valence-electron chi connectivity index (χ1n) is 7.79. The quantitative estimate of drug-likeness (QED) is 0.716. The van der Waals surface area contributed by atoms with Gasteiger partial charge in [-0.05, 0) is 45.0 Å². The van der Waals surface area contributed by atoms with E-state index in [0.29, 0.717) is 17.2 Å². The summed E-state index contributed by atoms with van der Waals surface area (Å²) in [7, 11) is 1.90. The van der Waals surface area contributed by atoms with Crippen LogP contribution in [0, 0.1) is 32.1 Å². The fourth-order valence-corrected chi connectivity index (χ4v) is 2.98. The van der Waals surface area contributed by atoms with Crippen LogP contribution in [0.15, 0.2) is 24.3 Å². The summed E-state index contributed by atoms with van der Waals surface area (Å²) in [5.41, 5.74) is 4.84. The number of hydrogen-bond donors (Lipinski definition) is 0. The molecule has 3 aromatic rings. The maximum Gasteiger partial charge on any atom is 0.164 e. The minimum Gasteiger partial charge on any atom is -0.483 e. The Morgan fingerprint density at radius 2 is 1.96 bits per heavy atom. The van der Waals surface area contributed by atoms with Crippen LogP contribution in [0.5, 0.6) is 5.75 Å². The molecule has 0 saturated heterocycles. The van der Waals surface area contributed by atoms with Crippen LogP contribution in [0.3, 0.4) is 0 Å². The van der Waals surface area contributed by atoms with Crippen molar-refractivity contribution in [2.75, 3.05) is 0 Å². The van der Waals surface area contributed by atoms with E-state index in [1.807, 2.05) is 44.6 Å². The Labute approximate surface area is 151 Å². The van der Waals surface area contributed by atoms with Gasteiger partial charge in [-0.2, -0.15) is 15.5 Å². The van der Waals surface area contributed by atoms with Gasteiger partial charge in [-0.1, -0.05) is 11.6 Å². The average molecular weight is 356 g/mol. The highest BCUT2D eigenvalue weighted by atomic mass is 35.5. The Kier molecular flexibility index (Phi) is 4.51. The summed E-state index contributed by atoms with van der Waals surface area (Å²) in [6.07, 6.45) is 0. The molecule has 6 nitrogen and oxygen atoms in total. The largest absolute Gasteiger partial charge is 0.483 e. The van der Waals surface area contributed by atoms with E-state index in [4.69, 9.17) is 21.6 Å². The Morgan fingerprint density at radius 1 is 1.20 bits per heavy atom. The molecular weight excluding hydrogens is 338 g/mol. The van der Waals surface area contributed by atoms with E-state index in [1.54, 1.807) is 16.8 Å². The van der Waals surface area contributed by atoms with Gasteiger partial charge in [0.05, 0.1) is 33.4 Å². The van der Waals surface area contributed by atoms with Crippen LogP contribution in [0.2, 0.25) is 5.02 Å². The number of halogens is 1. The highest BCUT2D eigenvalue weighted by Crippen LogP contribution is 2.28. The number of aromatic nitrogens is 4. The molecule has 0 spiro atoms. The van der Waals surface area contributed by atoms with E-state index >= 15 is 0 Å². The molecule has 3 rings (SSSR count). The summed E-state index contributed by atoms with van der Waals surface area (Å²) in [5.74, 6) is 0.735. The topological polar surface area (TPSA) is 68.7 Å². The highest BCUT2D eigenvalue weighted by molar-refractivity contribution is 6.31. The van der Waals surface area contributed by atoms with Crippen LogP contribution < -0.4 is 4.74 Å². The number of benzene rings is 1. The number of rotatable bonds is 4. The fourth-order valence-electron chi connectivity index (χ4n) is 2.76. The standard InChI is InChI=1S/C18H18ClN5O/c1-11-7-16(23(4)21-11)10-25-18-12(2)22-24(13(18)3)15-6-5-14(9-20)17(19)8-15/h5-8H,10H2,1-4H3. The third-order valence-corrected chi connectivity index (χ3v) is 4.32. The number of nitriles is 1. The smallest absolute Gasteiger partial charge is 0.164 e. The normalized spacial score (nSPS) is 10.7. The van der Waals surface area contributed by atoms with Gasteiger partial charge < -0.3 is 4.74 Å². The molecule has 0 amide bonds. The molecule has 128 valence electrons. The zero-order valence-corrected chi connectivity index (χ0v) is 15.3. The molecule has 0 fully saturated rings. The van der Waals surface area contributed by atoms with Crippen LogP contribution in [0.25, 0.3) is 5.69 Å². The van der Waals surface area contributed by atoms with Crippen LogP contribution in [0.1, 0.15) is 28.3 Å². The minimum atomic E-state index is 0.403. The maximum atomic E-state index is 9.00. The van der Waals surface area contributed by atoms with Crippen molar-refractivity contribution in [1.82, 2.24) is 19.6 Å². The van der Waals surface area contributed by atoms with Crippen molar-refractivity contribution < 1.29 is 4.74 Å². The van der Waals surface area contributed by atoms with Crippen molar-refractivity contribution in [2.24, 2.45) is 7.05 Å². The molecular formula is C18H18ClN5O. The molecule has 0 unspecified atom stereocenters. The molecule has 1 aromatic carbocycles. The third kappa shape index (κ3) is 3.24. The van der Waals surface area contributed by atoms with Crippen LogP contribution in [-0.2, 0) is 13.7 Å². The SMILES string of the molecule is Cc1cc(COc2c(C)nn(-c3ccc(C#N)c(Cl)c3)c2C)n(C)n1. The lowest BCUT2D eigenvalue weighted by Crippen LogP contribution is -2.04. The molecule has 0 aliphatic rings. The van der Waals surface area contributed by atoms with Gasteiger partial charge in [-0.3, -0.25) is 4.68 Å². The van der Waals surface area contributed by atoms with Gasteiger partial charge >= 0.3 is 0 Å². The zero-order chi connectivity index (χ0) is 18.1. The van der Waals surface area contributed by atoms with Crippen LogP contribution in [0.4, 0.5) is 0 Å². The Hall–Kier alpha value is -2.78. The minimum absolute atomic E-state index is 0.403. The first kappa shape index (κ1) is 17.1. The highest BCUT2D eigenvalue weighted by Gasteiger charge is 2.16. The van der Waals surface area contributed by atoms with Gasteiger partial charge in [0.25, 0.3) is 0 Å². The van der Waals surface area contributed by atoms with Gasteiger partial charge in [0, 0.05) is 7.05 Å². The summed E-state index contributed by atoms with van der Waals surface area (Å²) in [5, 5.41) is 18.3. The second-order valence-electron chi connectivity index (χ2n) is 5.88. The molecule has 25 heavy (non-hydrogen) atoms. The van der Waals surface area contributed by atoms with Crippen molar-refractivity contribution in [3.05, 3.63) is 57.6 Å².